The lowest BCUT2D eigenvalue weighted by Gasteiger charge is -2.32. The molecule has 5 nitrogen and oxygen atoms in total. The molecule has 0 bridgehead atoms. The van der Waals surface area contributed by atoms with Crippen LogP contribution in [-0.4, -0.2) is 26.3 Å². The zero-order valence-corrected chi connectivity index (χ0v) is 12.7. The lowest BCUT2D eigenvalue weighted by molar-refractivity contribution is 0.122. The molecule has 2 heterocycles. The van der Waals surface area contributed by atoms with E-state index >= 15 is 0 Å². The highest BCUT2D eigenvalue weighted by Gasteiger charge is 2.29. The van der Waals surface area contributed by atoms with Crippen molar-refractivity contribution in [1.82, 2.24) is 0 Å². The van der Waals surface area contributed by atoms with Crippen LogP contribution in [0.3, 0.4) is 0 Å². The molecule has 0 radical (unpaired) electrons. The molecule has 116 valence electrons. The van der Waals surface area contributed by atoms with Crippen molar-refractivity contribution in [1.29, 1.82) is 5.26 Å². The van der Waals surface area contributed by atoms with Gasteiger partial charge >= 0.3 is 5.63 Å². The molecule has 23 heavy (non-hydrogen) atoms. The van der Waals surface area contributed by atoms with Gasteiger partial charge < -0.3 is 14.1 Å². The Morgan fingerprint density at radius 3 is 2.70 bits per heavy atom. The molecule has 5 heteroatoms. The Morgan fingerprint density at radius 1 is 1.13 bits per heavy atom. The number of hydrogen-bond acceptors (Lipinski definition) is 5. The largest absolute Gasteiger partial charge is 0.421 e. The number of fused-ring (bicyclic) bond motifs is 3. The molecule has 0 unspecified atom stereocenters. The summed E-state index contributed by atoms with van der Waals surface area (Å²) in [4.78, 5) is 14.4. The number of nitriles is 1. The monoisotopic (exact) mass is 308 g/mol. The van der Waals surface area contributed by atoms with Crippen molar-refractivity contribution >= 4 is 5.69 Å². The summed E-state index contributed by atoms with van der Waals surface area (Å²) in [5.41, 5.74) is 3.43. The van der Waals surface area contributed by atoms with Crippen LogP contribution in [0.15, 0.2) is 33.5 Å². The first-order valence-corrected chi connectivity index (χ1v) is 7.80. The summed E-state index contributed by atoms with van der Waals surface area (Å²) < 4.78 is 10.9. The van der Waals surface area contributed by atoms with Crippen molar-refractivity contribution in [2.24, 2.45) is 0 Å². The molecule has 0 atom stereocenters. The maximum absolute atomic E-state index is 12.3. The Labute approximate surface area is 133 Å². The Balaban J connectivity index is 1.97. The lowest BCUT2D eigenvalue weighted by atomic mass is 9.88. The average molecular weight is 308 g/mol. The smallest absolute Gasteiger partial charge is 0.356 e. The molecule has 2 aromatic rings. The van der Waals surface area contributed by atoms with E-state index in [1.165, 1.54) is 5.56 Å². The fourth-order valence-electron chi connectivity index (χ4n) is 3.46. The van der Waals surface area contributed by atoms with E-state index in [1.54, 1.807) is 0 Å². The minimum Gasteiger partial charge on any atom is -0.421 e. The highest BCUT2D eigenvalue weighted by molar-refractivity contribution is 5.77. The zero-order valence-electron chi connectivity index (χ0n) is 12.7. The molecule has 1 aliphatic carbocycles. The molecule has 0 saturated carbocycles. The van der Waals surface area contributed by atoms with Crippen molar-refractivity contribution in [2.45, 2.75) is 12.8 Å². The fourth-order valence-corrected chi connectivity index (χ4v) is 3.46. The van der Waals surface area contributed by atoms with Gasteiger partial charge in [-0.3, -0.25) is 0 Å². The quantitative estimate of drug-likeness (QED) is 0.807. The van der Waals surface area contributed by atoms with Gasteiger partial charge in [-0.25, -0.2) is 4.79 Å². The number of hydrogen-bond donors (Lipinski definition) is 0. The first kappa shape index (κ1) is 14.0. The van der Waals surface area contributed by atoms with Gasteiger partial charge in [-0.2, -0.15) is 5.26 Å². The van der Waals surface area contributed by atoms with Gasteiger partial charge in [0.05, 0.1) is 18.9 Å². The van der Waals surface area contributed by atoms with Gasteiger partial charge in [0.25, 0.3) is 0 Å². The molecule has 1 aliphatic heterocycles. The minimum atomic E-state index is -0.551. The van der Waals surface area contributed by atoms with Crippen molar-refractivity contribution in [3.05, 3.63) is 51.4 Å². The average Bonchev–Trinajstić information content (AvgIpc) is 2.61. The normalized spacial score (nSPS) is 16.4. The fraction of sp³-hybridized carbons (Fsp3) is 0.333. The third-order valence-corrected chi connectivity index (χ3v) is 4.54. The van der Waals surface area contributed by atoms with Crippen molar-refractivity contribution < 1.29 is 9.15 Å². The van der Waals surface area contributed by atoms with Crippen LogP contribution >= 0.6 is 0 Å². The van der Waals surface area contributed by atoms with Gasteiger partial charge in [-0.15, -0.1) is 0 Å². The third-order valence-electron chi connectivity index (χ3n) is 4.54. The zero-order chi connectivity index (χ0) is 15.8. The van der Waals surface area contributed by atoms with Crippen LogP contribution in [0.2, 0.25) is 0 Å². The van der Waals surface area contributed by atoms with E-state index in [0.717, 1.165) is 29.7 Å². The number of anilines is 1. The first-order valence-electron chi connectivity index (χ1n) is 7.80. The summed E-state index contributed by atoms with van der Waals surface area (Å²) in [5.74, 6) is 0.623. The molecule has 1 fully saturated rings. The van der Waals surface area contributed by atoms with E-state index in [0.29, 0.717) is 32.1 Å². The molecular formula is C18H16N2O3. The number of nitrogens with zero attached hydrogens (tertiary/aromatic N) is 2. The molecule has 0 spiro atoms. The van der Waals surface area contributed by atoms with Crippen molar-refractivity contribution in [3.8, 4) is 17.4 Å². The van der Waals surface area contributed by atoms with E-state index in [-0.39, 0.29) is 5.56 Å². The second-order valence-electron chi connectivity index (χ2n) is 5.79. The number of ether oxygens (including phenoxy) is 1. The van der Waals surface area contributed by atoms with E-state index in [1.807, 2.05) is 24.3 Å². The molecular weight excluding hydrogens is 292 g/mol. The Kier molecular flexibility index (Phi) is 3.40. The van der Waals surface area contributed by atoms with Crippen molar-refractivity contribution in [3.63, 3.8) is 0 Å². The van der Waals surface area contributed by atoms with Crippen molar-refractivity contribution in [2.75, 3.05) is 31.2 Å². The second kappa shape index (κ2) is 5.56. The van der Waals surface area contributed by atoms with Gasteiger partial charge in [-0.05, 0) is 18.4 Å². The van der Waals surface area contributed by atoms with Crippen LogP contribution in [0.25, 0.3) is 11.3 Å². The highest BCUT2D eigenvalue weighted by atomic mass is 16.5. The molecule has 0 amide bonds. The van der Waals surface area contributed by atoms with E-state index < -0.39 is 5.63 Å². The number of benzene rings is 1. The van der Waals surface area contributed by atoms with E-state index in [4.69, 9.17) is 9.15 Å². The standard InChI is InChI=1S/C18H16N2O3/c19-11-15-16(20-7-9-22-10-8-20)14-6-5-12-3-1-2-4-13(12)17(14)23-18(15)21/h1-4H,5-10H2. The topological polar surface area (TPSA) is 66.5 Å². The molecule has 2 aliphatic rings. The third kappa shape index (κ3) is 2.23. The van der Waals surface area contributed by atoms with Gasteiger partial charge in [0.2, 0.25) is 0 Å². The second-order valence-corrected chi connectivity index (χ2v) is 5.79. The van der Waals surface area contributed by atoms with Crippen LogP contribution in [0, 0.1) is 11.3 Å². The number of morpholine rings is 1. The molecule has 0 N–H and O–H groups in total. The van der Waals surface area contributed by atoms with Crippen LogP contribution in [0.4, 0.5) is 5.69 Å². The molecule has 1 aromatic heterocycles. The Bertz CT molecular complexity index is 858. The maximum Gasteiger partial charge on any atom is 0.356 e. The van der Waals surface area contributed by atoms with E-state index in [9.17, 15) is 10.1 Å². The van der Waals surface area contributed by atoms with Crippen LogP contribution in [0.5, 0.6) is 0 Å². The number of aryl methyl sites for hydroxylation is 1. The summed E-state index contributed by atoms with van der Waals surface area (Å²) >= 11 is 0. The van der Waals surface area contributed by atoms with E-state index in [2.05, 4.69) is 11.0 Å². The highest BCUT2D eigenvalue weighted by Crippen LogP contribution is 2.38. The first-order chi connectivity index (χ1) is 11.3. The summed E-state index contributed by atoms with van der Waals surface area (Å²) in [6.45, 7) is 2.59. The van der Waals surface area contributed by atoms with Crippen LogP contribution in [-0.2, 0) is 17.6 Å². The summed E-state index contributed by atoms with van der Waals surface area (Å²) in [6.07, 6.45) is 1.66. The number of rotatable bonds is 1. The predicted molar refractivity (Wildman–Crippen MR) is 85.6 cm³/mol. The summed E-state index contributed by atoms with van der Waals surface area (Å²) in [6, 6.07) is 10.0. The van der Waals surface area contributed by atoms with Gasteiger partial charge in [0, 0.05) is 24.2 Å². The van der Waals surface area contributed by atoms with Gasteiger partial charge in [-0.1, -0.05) is 24.3 Å². The van der Waals surface area contributed by atoms with Gasteiger partial charge in [0.1, 0.15) is 11.8 Å². The summed E-state index contributed by atoms with van der Waals surface area (Å²) in [5, 5.41) is 9.46. The summed E-state index contributed by atoms with van der Waals surface area (Å²) in [7, 11) is 0. The maximum atomic E-state index is 12.3. The lowest BCUT2D eigenvalue weighted by Crippen LogP contribution is -2.38. The Hall–Kier alpha value is -2.58. The SMILES string of the molecule is N#Cc1c(N2CCOCC2)c2c(oc1=O)-c1ccccc1CC2. The van der Waals surface area contributed by atoms with Crippen LogP contribution in [0.1, 0.15) is 16.7 Å². The molecule has 4 rings (SSSR count). The molecule has 1 aromatic carbocycles. The minimum absolute atomic E-state index is 0.116. The van der Waals surface area contributed by atoms with Gasteiger partial charge in [0.15, 0.2) is 5.56 Å². The van der Waals surface area contributed by atoms with Crippen LogP contribution < -0.4 is 10.5 Å². The Morgan fingerprint density at radius 2 is 1.91 bits per heavy atom. The predicted octanol–water partition coefficient (Wildman–Crippen LogP) is 2.11. The molecule has 1 saturated heterocycles.